The van der Waals surface area contributed by atoms with Gasteiger partial charge in [-0.05, 0) is 37.5 Å². The van der Waals surface area contributed by atoms with Crippen LogP contribution in [0.1, 0.15) is 43.0 Å². The van der Waals surface area contributed by atoms with Gasteiger partial charge in [-0.1, -0.05) is 13.0 Å². The van der Waals surface area contributed by atoms with Gasteiger partial charge < -0.3 is 9.64 Å². The summed E-state index contributed by atoms with van der Waals surface area (Å²) in [4.78, 5) is 14.3. The molecule has 0 N–H and O–H groups in total. The van der Waals surface area contributed by atoms with Gasteiger partial charge in [0, 0.05) is 18.2 Å². The van der Waals surface area contributed by atoms with Crippen molar-refractivity contribution < 1.29 is 9.53 Å². The van der Waals surface area contributed by atoms with Crippen LogP contribution in [0.2, 0.25) is 0 Å². The summed E-state index contributed by atoms with van der Waals surface area (Å²) < 4.78 is 5.56. The molecule has 1 aromatic rings. The molecule has 1 aliphatic carbocycles. The topological polar surface area (TPSA) is 53.3 Å². The number of amides is 1. The lowest BCUT2D eigenvalue weighted by Crippen LogP contribution is -2.33. The lowest BCUT2D eigenvalue weighted by atomic mass is 10.1. The normalized spacial score (nSPS) is 13.6. The van der Waals surface area contributed by atoms with Gasteiger partial charge >= 0.3 is 0 Å². The smallest absolute Gasteiger partial charge is 0.254 e. The zero-order valence-electron chi connectivity index (χ0n) is 11.8. The number of benzene rings is 1. The molecule has 0 bridgehead atoms. The van der Waals surface area contributed by atoms with Crippen LogP contribution >= 0.6 is 0 Å². The van der Waals surface area contributed by atoms with E-state index in [9.17, 15) is 4.79 Å². The van der Waals surface area contributed by atoms with Crippen molar-refractivity contribution in [3.63, 3.8) is 0 Å². The molecule has 0 saturated heterocycles. The van der Waals surface area contributed by atoms with E-state index in [1.807, 2.05) is 30.0 Å². The Bertz CT molecular complexity index is 503. The van der Waals surface area contributed by atoms with Crippen molar-refractivity contribution in [3.8, 4) is 11.8 Å². The standard InChI is InChI=1S/C16H20N2O2/c1-2-11-20-15-6-3-5-13(12-15)16(19)18(10-4-9-17)14-7-8-14/h3,5-6,12,14H,2,4,7-8,10-11H2,1H3. The zero-order chi connectivity index (χ0) is 14.4. The minimum Gasteiger partial charge on any atom is -0.494 e. The van der Waals surface area contributed by atoms with Gasteiger partial charge in [0.2, 0.25) is 0 Å². The maximum Gasteiger partial charge on any atom is 0.254 e. The van der Waals surface area contributed by atoms with Crippen LogP contribution in [-0.4, -0.2) is 30.0 Å². The monoisotopic (exact) mass is 272 g/mol. The van der Waals surface area contributed by atoms with Crippen molar-refractivity contribution in [2.75, 3.05) is 13.2 Å². The number of carbonyl (C=O) groups excluding carboxylic acids is 1. The van der Waals surface area contributed by atoms with E-state index in [0.717, 1.165) is 25.0 Å². The molecule has 106 valence electrons. The minimum atomic E-state index is 0.00435. The second-order valence-corrected chi connectivity index (χ2v) is 5.01. The molecule has 1 saturated carbocycles. The number of hydrogen-bond acceptors (Lipinski definition) is 3. The highest BCUT2D eigenvalue weighted by atomic mass is 16.5. The molecule has 0 radical (unpaired) electrons. The third-order valence-corrected chi connectivity index (χ3v) is 3.27. The van der Waals surface area contributed by atoms with E-state index in [1.54, 1.807) is 6.07 Å². The number of carbonyl (C=O) groups is 1. The van der Waals surface area contributed by atoms with Crippen molar-refractivity contribution in [1.82, 2.24) is 4.90 Å². The summed E-state index contributed by atoms with van der Waals surface area (Å²) in [7, 11) is 0. The van der Waals surface area contributed by atoms with Crippen LogP contribution in [0, 0.1) is 11.3 Å². The summed E-state index contributed by atoms with van der Waals surface area (Å²) in [6.07, 6.45) is 3.41. The van der Waals surface area contributed by atoms with Crippen LogP contribution < -0.4 is 4.74 Å². The van der Waals surface area contributed by atoms with E-state index < -0.39 is 0 Å². The summed E-state index contributed by atoms with van der Waals surface area (Å²) in [6.45, 7) is 3.21. The molecule has 0 unspecified atom stereocenters. The van der Waals surface area contributed by atoms with Crippen molar-refractivity contribution >= 4 is 5.91 Å². The molecule has 0 spiro atoms. The molecule has 4 heteroatoms. The van der Waals surface area contributed by atoms with Gasteiger partial charge in [0.1, 0.15) is 5.75 Å². The van der Waals surface area contributed by atoms with Gasteiger partial charge in [-0.2, -0.15) is 5.26 Å². The van der Waals surface area contributed by atoms with Crippen LogP contribution in [0.4, 0.5) is 0 Å². The Morgan fingerprint density at radius 2 is 2.30 bits per heavy atom. The largest absolute Gasteiger partial charge is 0.494 e. The average Bonchev–Trinajstić information content (AvgIpc) is 3.30. The van der Waals surface area contributed by atoms with Crippen LogP contribution in [-0.2, 0) is 0 Å². The summed E-state index contributed by atoms with van der Waals surface area (Å²) >= 11 is 0. The molecule has 0 atom stereocenters. The van der Waals surface area contributed by atoms with E-state index in [0.29, 0.717) is 31.2 Å². The fourth-order valence-corrected chi connectivity index (χ4v) is 2.11. The van der Waals surface area contributed by atoms with Crippen molar-refractivity contribution in [2.45, 2.75) is 38.6 Å². The third-order valence-electron chi connectivity index (χ3n) is 3.27. The van der Waals surface area contributed by atoms with Gasteiger partial charge in [-0.25, -0.2) is 0 Å². The Balaban J connectivity index is 2.08. The van der Waals surface area contributed by atoms with Crippen LogP contribution in [0.3, 0.4) is 0 Å². The lowest BCUT2D eigenvalue weighted by molar-refractivity contribution is 0.0746. The zero-order valence-corrected chi connectivity index (χ0v) is 11.8. The first-order valence-corrected chi connectivity index (χ1v) is 7.17. The minimum absolute atomic E-state index is 0.00435. The fourth-order valence-electron chi connectivity index (χ4n) is 2.11. The first-order valence-electron chi connectivity index (χ1n) is 7.17. The molecule has 20 heavy (non-hydrogen) atoms. The van der Waals surface area contributed by atoms with E-state index in [1.165, 1.54) is 0 Å². The summed E-state index contributed by atoms with van der Waals surface area (Å²) in [5.74, 6) is 0.735. The number of hydrogen-bond donors (Lipinski definition) is 0. The van der Waals surface area contributed by atoms with E-state index in [-0.39, 0.29) is 5.91 Å². The van der Waals surface area contributed by atoms with Gasteiger partial charge in [0.15, 0.2) is 0 Å². The van der Waals surface area contributed by atoms with E-state index in [2.05, 4.69) is 6.07 Å². The lowest BCUT2D eigenvalue weighted by Gasteiger charge is -2.21. The molecule has 1 aromatic carbocycles. The van der Waals surface area contributed by atoms with Gasteiger partial charge in [-0.3, -0.25) is 4.79 Å². The number of nitrogens with zero attached hydrogens (tertiary/aromatic N) is 2. The van der Waals surface area contributed by atoms with Gasteiger partial charge in [0.25, 0.3) is 5.91 Å². The molecule has 2 rings (SSSR count). The first-order chi connectivity index (χ1) is 9.76. The predicted octanol–water partition coefficient (Wildman–Crippen LogP) is 2.99. The number of ether oxygens (including phenoxy) is 1. The molecule has 1 amide bonds. The third kappa shape index (κ3) is 3.74. The molecule has 0 heterocycles. The van der Waals surface area contributed by atoms with E-state index >= 15 is 0 Å². The Morgan fingerprint density at radius 1 is 1.50 bits per heavy atom. The highest BCUT2D eigenvalue weighted by molar-refractivity contribution is 5.95. The van der Waals surface area contributed by atoms with Crippen molar-refractivity contribution in [3.05, 3.63) is 29.8 Å². The molecular formula is C16H20N2O2. The Morgan fingerprint density at radius 3 is 2.95 bits per heavy atom. The number of rotatable bonds is 7. The highest BCUT2D eigenvalue weighted by Crippen LogP contribution is 2.29. The fraction of sp³-hybridized carbons (Fsp3) is 0.500. The quantitative estimate of drug-likeness (QED) is 0.766. The molecule has 1 fully saturated rings. The number of nitriles is 1. The Kier molecular flexibility index (Phi) is 5.00. The van der Waals surface area contributed by atoms with Crippen molar-refractivity contribution in [2.24, 2.45) is 0 Å². The SMILES string of the molecule is CCCOc1cccc(C(=O)N(CCC#N)C2CC2)c1. The predicted molar refractivity (Wildman–Crippen MR) is 76.5 cm³/mol. The van der Waals surface area contributed by atoms with Gasteiger partial charge in [0.05, 0.1) is 19.1 Å². The Labute approximate surface area is 120 Å². The van der Waals surface area contributed by atoms with Crippen molar-refractivity contribution in [1.29, 1.82) is 5.26 Å². The molecule has 0 aromatic heterocycles. The highest BCUT2D eigenvalue weighted by Gasteiger charge is 2.32. The second kappa shape index (κ2) is 6.95. The Hall–Kier alpha value is -2.02. The molecule has 1 aliphatic rings. The van der Waals surface area contributed by atoms with Crippen LogP contribution in [0.25, 0.3) is 0 Å². The van der Waals surface area contributed by atoms with Gasteiger partial charge in [-0.15, -0.1) is 0 Å². The van der Waals surface area contributed by atoms with Crippen LogP contribution in [0.15, 0.2) is 24.3 Å². The summed E-state index contributed by atoms with van der Waals surface area (Å²) in [6, 6.07) is 9.73. The maximum atomic E-state index is 12.5. The molecular weight excluding hydrogens is 252 g/mol. The maximum absolute atomic E-state index is 12.5. The second-order valence-electron chi connectivity index (χ2n) is 5.01. The summed E-state index contributed by atoms with van der Waals surface area (Å²) in [5, 5.41) is 8.70. The van der Waals surface area contributed by atoms with Crippen LogP contribution in [0.5, 0.6) is 5.75 Å². The first kappa shape index (κ1) is 14.4. The average molecular weight is 272 g/mol. The molecule has 0 aliphatic heterocycles. The summed E-state index contributed by atoms with van der Waals surface area (Å²) in [5.41, 5.74) is 0.642. The van der Waals surface area contributed by atoms with E-state index in [4.69, 9.17) is 10.00 Å². The molecule has 4 nitrogen and oxygen atoms in total.